The smallest absolute Gasteiger partial charge is 0.215 e. The van der Waals surface area contributed by atoms with E-state index in [1.54, 1.807) is 7.05 Å². The molecule has 0 aliphatic carbocycles. The molecular formula is C23H19ClN2OS. The van der Waals surface area contributed by atoms with Gasteiger partial charge >= 0.3 is 0 Å². The number of carbonyl (C=O) groups is 1. The molecule has 0 radical (unpaired) electrons. The summed E-state index contributed by atoms with van der Waals surface area (Å²) >= 11 is 7.34. The minimum atomic E-state index is 0.607. The van der Waals surface area contributed by atoms with Gasteiger partial charge in [-0.25, -0.2) is 4.99 Å². The molecular weight excluding hydrogens is 388 g/mol. The average Bonchev–Trinajstić information content (AvgIpc) is 2.74. The van der Waals surface area contributed by atoms with E-state index in [9.17, 15) is 4.79 Å². The van der Waals surface area contributed by atoms with Gasteiger partial charge in [-0.3, -0.25) is 9.69 Å². The van der Waals surface area contributed by atoms with Crippen LogP contribution in [-0.4, -0.2) is 23.5 Å². The van der Waals surface area contributed by atoms with Crippen molar-refractivity contribution in [3.63, 3.8) is 0 Å². The summed E-state index contributed by atoms with van der Waals surface area (Å²) in [6.45, 7) is 0. The molecule has 1 amide bonds. The molecule has 0 aliphatic heterocycles. The summed E-state index contributed by atoms with van der Waals surface area (Å²) in [6.07, 6.45) is 2.75. The minimum Gasteiger partial charge on any atom is -0.297 e. The Balaban J connectivity index is 1.70. The van der Waals surface area contributed by atoms with E-state index in [-0.39, 0.29) is 0 Å². The maximum absolute atomic E-state index is 11.2. The van der Waals surface area contributed by atoms with Crippen LogP contribution in [0.4, 0.5) is 5.69 Å². The fraction of sp³-hybridized carbons (Fsp3) is 0.0435. The maximum Gasteiger partial charge on any atom is 0.215 e. The SMILES string of the molecule is CN(C=O)C(=Nc1ccccc1)S/C=C\c1ccc(-c2ccc(Cl)cc2)cc1. The van der Waals surface area contributed by atoms with Crippen LogP contribution in [0.1, 0.15) is 5.56 Å². The highest BCUT2D eigenvalue weighted by molar-refractivity contribution is 8.16. The number of thioether (sulfide) groups is 1. The fourth-order valence-electron chi connectivity index (χ4n) is 2.45. The van der Waals surface area contributed by atoms with Gasteiger partial charge in [0.2, 0.25) is 6.41 Å². The summed E-state index contributed by atoms with van der Waals surface area (Å²) in [5.41, 5.74) is 4.13. The third-order valence-electron chi connectivity index (χ3n) is 3.96. The van der Waals surface area contributed by atoms with Crippen LogP contribution in [0.2, 0.25) is 5.02 Å². The Labute approximate surface area is 174 Å². The molecule has 0 aromatic heterocycles. The van der Waals surface area contributed by atoms with Crippen molar-refractivity contribution in [2.24, 2.45) is 4.99 Å². The molecule has 0 atom stereocenters. The number of nitrogens with zero attached hydrogens (tertiary/aromatic N) is 2. The van der Waals surface area contributed by atoms with Crippen LogP contribution in [-0.2, 0) is 4.79 Å². The molecule has 140 valence electrons. The lowest BCUT2D eigenvalue weighted by Crippen LogP contribution is -2.21. The largest absolute Gasteiger partial charge is 0.297 e. The number of hydrogen-bond acceptors (Lipinski definition) is 3. The summed E-state index contributed by atoms with van der Waals surface area (Å²) in [7, 11) is 1.69. The van der Waals surface area contributed by atoms with Crippen LogP contribution in [0.3, 0.4) is 0 Å². The first-order valence-corrected chi connectivity index (χ1v) is 9.92. The van der Waals surface area contributed by atoms with Crippen LogP contribution in [0, 0.1) is 0 Å². The van der Waals surface area contributed by atoms with Crippen molar-refractivity contribution in [3.8, 4) is 11.1 Å². The molecule has 3 aromatic carbocycles. The first-order chi connectivity index (χ1) is 13.7. The lowest BCUT2D eigenvalue weighted by molar-refractivity contribution is -0.113. The Bertz CT molecular complexity index is 968. The second kappa shape index (κ2) is 9.93. The van der Waals surface area contributed by atoms with Gasteiger partial charge in [0.05, 0.1) is 5.69 Å². The van der Waals surface area contributed by atoms with Gasteiger partial charge in [0.1, 0.15) is 0 Å². The average molecular weight is 407 g/mol. The summed E-state index contributed by atoms with van der Waals surface area (Å²) in [6, 6.07) is 25.6. The molecule has 0 bridgehead atoms. The topological polar surface area (TPSA) is 32.7 Å². The number of carbonyl (C=O) groups excluding carboxylic acids is 1. The van der Waals surface area contributed by atoms with E-state index in [0.29, 0.717) is 5.17 Å². The van der Waals surface area contributed by atoms with E-state index in [0.717, 1.165) is 33.8 Å². The second-order valence-electron chi connectivity index (χ2n) is 6.00. The quantitative estimate of drug-likeness (QED) is 0.275. The molecule has 3 nitrogen and oxygen atoms in total. The number of aliphatic imine (C=N–C) groups is 1. The summed E-state index contributed by atoms with van der Waals surface area (Å²) < 4.78 is 0. The zero-order chi connectivity index (χ0) is 19.8. The second-order valence-corrected chi connectivity index (χ2v) is 7.31. The van der Waals surface area contributed by atoms with Crippen molar-refractivity contribution in [2.45, 2.75) is 0 Å². The van der Waals surface area contributed by atoms with Crippen LogP contribution in [0.25, 0.3) is 17.2 Å². The fourth-order valence-corrected chi connectivity index (χ4v) is 3.29. The number of hydrogen-bond donors (Lipinski definition) is 0. The number of rotatable bonds is 5. The number of amides is 1. The van der Waals surface area contributed by atoms with Crippen molar-refractivity contribution >= 4 is 46.7 Å². The van der Waals surface area contributed by atoms with E-state index in [2.05, 4.69) is 29.3 Å². The zero-order valence-corrected chi connectivity index (χ0v) is 16.9. The third-order valence-corrected chi connectivity index (χ3v) is 5.08. The van der Waals surface area contributed by atoms with Gasteiger partial charge in [0, 0.05) is 12.1 Å². The minimum absolute atomic E-state index is 0.607. The van der Waals surface area contributed by atoms with Gasteiger partial charge in [-0.15, -0.1) is 0 Å². The summed E-state index contributed by atoms with van der Waals surface area (Å²) in [5, 5.41) is 3.27. The summed E-state index contributed by atoms with van der Waals surface area (Å²) in [4.78, 5) is 17.2. The van der Waals surface area contributed by atoms with Crippen LogP contribution >= 0.6 is 23.4 Å². The molecule has 0 fully saturated rings. The number of halogens is 1. The van der Waals surface area contributed by atoms with Crippen LogP contribution in [0.5, 0.6) is 0 Å². The number of amidine groups is 1. The number of benzene rings is 3. The third kappa shape index (κ3) is 5.59. The van der Waals surface area contributed by atoms with Gasteiger partial charge < -0.3 is 0 Å². The Hall–Kier alpha value is -2.82. The molecule has 0 heterocycles. The lowest BCUT2D eigenvalue weighted by Gasteiger charge is -2.11. The van der Waals surface area contributed by atoms with Gasteiger partial charge in [0.25, 0.3) is 0 Å². The van der Waals surface area contributed by atoms with Gasteiger partial charge in [-0.1, -0.05) is 78.0 Å². The number of para-hydroxylation sites is 1. The Kier molecular flexibility index (Phi) is 7.06. The van der Waals surface area contributed by atoms with E-state index in [1.807, 2.05) is 66.1 Å². The van der Waals surface area contributed by atoms with Crippen molar-refractivity contribution in [3.05, 3.63) is 94.9 Å². The monoisotopic (exact) mass is 406 g/mol. The van der Waals surface area contributed by atoms with E-state index < -0.39 is 0 Å². The molecule has 3 rings (SSSR count). The predicted molar refractivity (Wildman–Crippen MR) is 121 cm³/mol. The van der Waals surface area contributed by atoms with Crippen LogP contribution < -0.4 is 0 Å². The first kappa shape index (κ1) is 19.9. The maximum atomic E-state index is 11.2. The molecule has 0 saturated heterocycles. The van der Waals surface area contributed by atoms with Gasteiger partial charge in [-0.2, -0.15) is 0 Å². The van der Waals surface area contributed by atoms with E-state index in [1.165, 1.54) is 16.7 Å². The molecule has 5 heteroatoms. The van der Waals surface area contributed by atoms with Crippen molar-refractivity contribution in [1.29, 1.82) is 0 Å². The Morgan fingerprint density at radius 2 is 1.54 bits per heavy atom. The van der Waals surface area contributed by atoms with Gasteiger partial charge in [-0.05, 0) is 52.4 Å². The molecule has 0 aliphatic rings. The molecule has 0 unspecified atom stereocenters. The highest BCUT2D eigenvalue weighted by atomic mass is 35.5. The molecule has 0 saturated carbocycles. The molecule has 0 N–H and O–H groups in total. The summed E-state index contributed by atoms with van der Waals surface area (Å²) in [5.74, 6) is 0. The predicted octanol–water partition coefficient (Wildman–Crippen LogP) is 6.49. The van der Waals surface area contributed by atoms with E-state index >= 15 is 0 Å². The Morgan fingerprint density at radius 1 is 0.929 bits per heavy atom. The van der Waals surface area contributed by atoms with E-state index in [4.69, 9.17) is 11.6 Å². The molecule has 28 heavy (non-hydrogen) atoms. The lowest BCUT2D eigenvalue weighted by atomic mass is 10.0. The van der Waals surface area contributed by atoms with Crippen molar-refractivity contribution < 1.29 is 4.79 Å². The molecule has 0 spiro atoms. The van der Waals surface area contributed by atoms with Crippen LogP contribution in [0.15, 0.2) is 89.3 Å². The van der Waals surface area contributed by atoms with Gasteiger partial charge in [0.15, 0.2) is 5.17 Å². The molecule has 3 aromatic rings. The van der Waals surface area contributed by atoms with Crippen molar-refractivity contribution in [1.82, 2.24) is 4.90 Å². The zero-order valence-electron chi connectivity index (χ0n) is 15.3. The highest BCUT2D eigenvalue weighted by Crippen LogP contribution is 2.23. The Morgan fingerprint density at radius 3 is 2.14 bits per heavy atom. The normalized spacial score (nSPS) is 11.6. The standard InChI is InChI=1S/C23H19ClN2OS/c1-26(17-27)23(25-22-5-3-2-4-6-22)28-16-15-18-7-9-19(10-8-18)20-11-13-21(24)14-12-20/h2-17H,1H3/b16-15-,25-23?. The van der Waals surface area contributed by atoms with Crippen molar-refractivity contribution in [2.75, 3.05) is 7.05 Å². The first-order valence-electron chi connectivity index (χ1n) is 8.67. The highest BCUT2D eigenvalue weighted by Gasteiger charge is 2.05.